The van der Waals surface area contributed by atoms with Gasteiger partial charge in [0, 0.05) is 5.69 Å². The Morgan fingerprint density at radius 1 is 1.25 bits per heavy atom. The van der Waals surface area contributed by atoms with Crippen LogP contribution in [-0.2, 0) is 6.42 Å². The summed E-state index contributed by atoms with van der Waals surface area (Å²) in [5.41, 5.74) is 2.24. The highest BCUT2D eigenvalue weighted by atomic mass is 16.4. The fourth-order valence-electron chi connectivity index (χ4n) is 1.90. The third-order valence-corrected chi connectivity index (χ3v) is 3.10. The molecule has 0 saturated heterocycles. The van der Waals surface area contributed by atoms with Crippen LogP contribution < -0.4 is 10.6 Å². The molecule has 1 heterocycles. The summed E-state index contributed by atoms with van der Waals surface area (Å²) in [6.07, 6.45) is 2.08. The number of rotatable bonds is 7. The molecule has 0 aliphatic heterocycles. The molecule has 20 heavy (non-hydrogen) atoms. The van der Waals surface area contributed by atoms with Crippen LogP contribution in [0.15, 0.2) is 28.7 Å². The predicted molar refractivity (Wildman–Crippen MR) is 80.1 cm³/mol. The number of hydrogen-bond donors (Lipinski definition) is 2. The lowest BCUT2D eigenvalue weighted by Gasteiger charge is -2.07. The maximum Gasteiger partial charge on any atom is 0.320 e. The van der Waals surface area contributed by atoms with E-state index in [1.54, 1.807) is 0 Å². The molecule has 5 heteroatoms. The number of hydrogen-bond acceptors (Lipinski definition) is 5. The largest absolute Gasteiger partial charge is 0.406 e. The second-order valence-corrected chi connectivity index (χ2v) is 4.80. The number of aromatic nitrogens is 2. The Kier molecular flexibility index (Phi) is 5.12. The normalized spacial score (nSPS) is 12.3. The molecule has 1 aromatic carbocycles. The van der Waals surface area contributed by atoms with Gasteiger partial charge in [-0.05, 0) is 44.0 Å². The molecule has 1 aromatic heterocycles. The van der Waals surface area contributed by atoms with Gasteiger partial charge in [-0.3, -0.25) is 0 Å². The summed E-state index contributed by atoms with van der Waals surface area (Å²) in [6.45, 7) is 7.21. The molecule has 0 radical (unpaired) electrons. The van der Waals surface area contributed by atoms with E-state index in [1.165, 1.54) is 5.56 Å². The summed E-state index contributed by atoms with van der Waals surface area (Å²) < 4.78 is 5.62. The van der Waals surface area contributed by atoms with Crippen LogP contribution in [0.3, 0.4) is 0 Å². The Morgan fingerprint density at radius 3 is 2.85 bits per heavy atom. The summed E-state index contributed by atoms with van der Waals surface area (Å²) in [7, 11) is 0. The molecule has 2 aromatic rings. The van der Waals surface area contributed by atoms with Gasteiger partial charge in [0.25, 0.3) is 0 Å². The second-order valence-electron chi connectivity index (χ2n) is 4.80. The average Bonchev–Trinajstić information content (AvgIpc) is 2.93. The van der Waals surface area contributed by atoms with E-state index in [1.807, 2.05) is 19.1 Å². The Hall–Kier alpha value is -1.88. The Bertz CT molecular complexity index is 538. The van der Waals surface area contributed by atoms with Gasteiger partial charge in [-0.15, -0.1) is 5.10 Å². The summed E-state index contributed by atoms with van der Waals surface area (Å²) >= 11 is 0. The van der Waals surface area contributed by atoms with Gasteiger partial charge in [0.2, 0.25) is 5.89 Å². The molecule has 108 valence electrons. The van der Waals surface area contributed by atoms with Crippen molar-refractivity contribution in [2.75, 3.05) is 11.9 Å². The van der Waals surface area contributed by atoms with E-state index in [9.17, 15) is 0 Å². The predicted octanol–water partition coefficient (Wildman–Crippen LogP) is 3.44. The SMILES string of the molecule is CCCNC(C)c1nnc(Nc2cccc(CC)c2)o1. The standard InChI is InChI=1S/C15H22N4O/c1-4-9-16-11(3)14-18-19-15(20-14)17-13-8-6-7-12(5-2)10-13/h6-8,10-11,16H,4-5,9H2,1-3H3,(H,17,19). The number of benzene rings is 1. The van der Waals surface area contributed by atoms with E-state index >= 15 is 0 Å². The van der Waals surface area contributed by atoms with Crippen molar-refractivity contribution in [3.05, 3.63) is 35.7 Å². The van der Waals surface area contributed by atoms with Crippen LogP contribution in [0.5, 0.6) is 0 Å². The third kappa shape index (κ3) is 3.81. The van der Waals surface area contributed by atoms with Gasteiger partial charge in [-0.2, -0.15) is 0 Å². The minimum absolute atomic E-state index is 0.0694. The lowest BCUT2D eigenvalue weighted by atomic mass is 10.1. The summed E-state index contributed by atoms with van der Waals surface area (Å²) in [4.78, 5) is 0. The zero-order valence-electron chi connectivity index (χ0n) is 12.3. The molecular weight excluding hydrogens is 252 g/mol. The topological polar surface area (TPSA) is 63.0 Å². The van der Waals surface area contributed by atoms with Gasteiger partial charge in [-0.1, -0.05) is 31.1 Å². The lowest BCUT2D eigenvalue weighted by Crippen LogP contribution is -2.19. The summed E-state index contributed by atoms with van der Waals surface area (Å²) in [5, 5.41) is 14.6. The number of nitrogens with one attached hydrogen (secondary N) is 2. The van der Waals surface area contributed by atoms with Crippen LogP contribution >= 0.6 is 0 Å². The molecule has 5 nitrogen and oxygen atoms in total. The first-order chi connectivity index (χ1) is 9.72. The Balaban J connectivity index is 2.01. The van der Waals surface area contributed by atoms with Crippen molar-refractivity contribution in [3.63, 3.8) is 0 Å². The van der Waals surface area contributed by atoms with Gasteiger partial charge in [-0.25, -0.2) is 0 Å². The van der Waals surface area contributed by atoms with Crippen molar-refractivity contribution in [1.29, 1.82) is 0 Å². The molecule has 2 N–H and O–H groups in total. The Labute approximate surface area is 119 Å². The van der Waals surface area contributed by atoms with Gasteiger partial charge >= 0.3 is 6.01 Å². The number of nitrogens with zero attached hydrogens (tertiary/aromatic N) is 2. The minimum atomic E-state index is 0.0694. The lowest BCUT2D eigenvalue weighted by molar-refractivity contribution is 0.424. The molecule has 0 bridgehead atoms. The molecule has 0 aliphatic rings. The van der Waals surface area contributed by atoms with E-state index in [0.29, 0.717) is 11.9 Å². The van der Waals surface area contributed by atoms with Crippen molar-refractivity contribution in [2.45, 2.75) is 39.7 Å². The van der Waals surface area contributed by atoms with Crippen LogP contribution in [0.25, 0.3) is 0 Å². The smallest absolute Gasteiger partial charge is 0.320 e. The molecule has 2 rings (SSSR count). The quantitative estimate of drug-likeness (QED) is 0.809. The highest BCUT2D eigenvalue weighted by Crippen LogP contribution is 2.19. The van der Waals surface area contributed by atoms with E-state index in [0.717, 1.165) is 25.1 Å². The average molecular weight is 274 g/mol. The minimum Gasteiger partial charge on any atom is -0.406 e. The molecular formula is C15H22N4O. The summed E-state index contributed by atoms with van der Waals surface area (Å²) in [6, 6.07) is 8.69. The van der Waals surface area contributed by atoms with Gasteiger partial charge in [0.1, 0.15) is 0 Å². The molecule has 1 atom stereocenters. The van der Waals surface area contributed by atoms with Gasteiger partial charge in [0.05, 0.1) is 6.04 Å². The van der Waals surface area contributed by atoms with Gasteiger partial charge in [0.15, 0.2) is 0 Å². The van der Waals surface area contributed by atoms with E-state index in [4.69, 9.17) is 4.42 Å². The highest BCUT2D eigenvalue weighted by Gasteiger charge is 2.13. The van der Waals surface area contributed by atoms with Crippen molar-refractivity contribution in [1.82, 2.24) is 15.5 Å². The fraction of sp³-hybridized carbons (Fsp3) is 0.467. The van der Waals surface area contributed by atoms with Crippen molar-refractivity contribution in [2.24, 2.45) is 0 Å². The Morgan fingerprint density at radius 2 is 2.10 bits per heavy atom. The summed E-state index contributed by atoms with van der Waals surface area (Å²) in [5.74, 6) is 0.604. The zero-order valence-corrected chi connectivity index (χ0v) is 12.3. The maximum atomic E-state index is 5.62. The monoisotopic (exact) mass is 274 g/mol. The van der Waals surface area contributed by atoms with Crippen molar-refractivity contribution >= 4 is 11.7 Å². The first kappa shape index (κ1) is 14.5. The van der Waals surface area contributed by atoms with E-state index in [2.05, 4.69) is 46.8 Å². The van der Waals surface area contributed by atoms with Crippen LogP contribution in [0.1, 0.15) is 44.7 Å². The zero-order chi connectivity index (χ0) is 14.4. The molecule has 1 unspecified atom stereocenters. The first-order valence-corrected chi connectivity index (χ1v) is 7.15. The highest BCUT2D eigenvalue weighted by molar-refractivity contribution is 5.53. The molecule has 0 saturated carbocycles. The van der Waals surface area contributed by atoms with Crippen molar-refractivity contribution < 1.29 is 4.42 Å². The van der Waals surface area contributed by atoms with Crippen LogP contribution in [-0.4, -0.2) is 16.7 Å². The third-order valence-electron chi connectivity index (χ3n) is 3.10. The van der Waals surface area contributed by atoms with E-state index in [-0.39, 0.29) is 6.04 Å². The molecule has 0 aliphatic carbocycles. The molecule has 0 amide bonds. The van der Waals surface area contributed by atoms with Crippen molar-refractivity contribution in [3.8, 4) is 0 Å². The van der Waals surface area contributed by atoms with Gasteiger partial charge < -0.3 is 15.1 Å². The molecule has 0 fully saturated rings. The molecule has 0 spiro atoms. The van der Waals surface area contributed by atoms with Crippen LogP contribution in [0.4, 0.5) is 11.7 Å². The van der Waals surface area contributed by atoms with Crippen LogP contribution in [0, 0.1) is 0 Å². The second kappa shape index (κ2) is 7.05. The first-order valence-electron chi connectivity index (χ1n) is 7.15. The maximum absolute atomic E-state index is 5.62. The fourth-order valence-corrected chi connectivity index (χ4v) is 1.90. The van der Waals surface area contributed by atoms with Crippen LogP contribution in [0.2, 0.25) is 0 Å². The number of aryl methyl sites for hydroxylation is 1. The number of anilines is 2. The van der Waals surface area contributed by atoms with E-state index < -0.39 is 0 Å².